The quantitative estimate of drug-likeness (QED) is 0.758. The number of rotatable bonds is 4. The largest absolute Gasteiger partial charge is 0.476 e. The SMILES string of the molecule is O=C(O)c1ccn(C(=O)C2CCC3(CC2)CCN(Cc2cc(Cl)ccc2Cl)C3)n1. The Kier molecular flexibility index (Phi) is 5.69. The topological polar surface area (TPSA) is 75.4 Å². The van der Waals surface area contributed by atoms with E-state index in [0.29, 0.717) is 5.02 Å². The van der Waals surface area contributed by atoms with Gasteiger partial charge in [0.05, 0.1) is 0 Å². The van der Waals surface area contributed by atoms with E-state index in [-0.39, 0.29) is 22.9 Å². The lowest BCUT2D eigenvalue weighted by atomic mass is 9.70. The van der Waals surface area contributed by atoms with Gasteiger partial charge in [0.15, 0.2) is 5.69 Å². The number of carbonyl (C=O) groups excluding carboxylic acids is 1. The van der Waals surface area contributed by atoms with Crippen LogP contribution in [0.5, 0.6) is 0 Å². The number of carbonyl (C=O) groups is 2. The lowest BCUT2D eigenvalue weighted by Crippen LogP contribution is -2.35. The molecule has 2 aromatic rings. The van der Waals surface area contributed by atoms with Gasteiger partial charge in [0.1, 0.15) is 0 Å². The molecule has 0 atom stereocenters. The van der Waals surface area contributed by atoms with Crippen molar-refractivity contribution in [2.75, 3.05) is 13.1 Å². The first-order valence-electron chi connectivity index (χ1n) is 9.85. The molecule has 1 N–H and O–H groups in total. The van der Waals surface area contributed by atoms with E-state index in [1.54, 1.807) is 6.07 Å². The van der Waals surface area contributed by atoms with Crippen LogP contribution in [0.15, 0.2) is 30.5 Å². The van der Waals surface area contributed by atoms with Crippen LogP contribution in [-0.2, 0) is 6.54 Å². The molecule has 1 saturated carbocycles. The fraction of sp³-hybridized carbons (Fsp3) is 0.476. The molecular formula is C21H23Cl2N3O3. The molecule has 8 heteroatoms. The first kappa shape index (κ1) is 20.4. The second-order valence-electron chi connectivity index (χ2n) is 8.26. The maximum atomic E-state index is 12.7. The lowest BCUT2D eigenvalue weighted by Gasteiger charge is -2.36. The fourth-order valence-corrected chi connectivity index (χ4v) is 5.07. The Hall–Kier alpha value is -1.89. The summed E-state index contributed by atoms with van der Waals surface area (Å²) in [6.45, 7) is 2.80. The van der Waals surface area contributed by atoms with E-state index in [4.69, 9.17) is 28.3 Å². The van der Waals surface area contributed by atoms with E-state index in [1.165, 1.54) is 16.9 Å². The first-order valence-corrected chi connectivity index (χ1v) is 10.6. The number of hydrogen-bond donors (Lipinski definition) is 1. The predicted molar refractivity (Wildman–Crippen MR) is 111 cm³/mol. The molecule has 1 saturated heterocycles. The summed E-state index contributed by atoms with van der Waals surface area (Å²) in [6, 6.07) is 6.93. The summed E-state index contributed by atoms with van der Waals surface area (Å²) in [4.78, 5) is 26.1. The van der Waals surface area contributed by atoms with E-state index in [0.717, 1.165) is 62.3 Å². The minimum absolute atomic E-state index is 0.0985. The third-order valence-corrected chi connectivity index (χ3v) is 6.95. The molecule has 4 rings (SSSR count). The second-order valence-corrected chi connectivity index (χ2v) is 9.10. The summed E-state index contributed by atoms with van der Waals surface area (Å²) in [5, 5.41) is 14.3. The number of carboxylic acids is 1. The Bertz CT molecular complexity index is 935. The number of nitrogens with zero attached hydrogens (tertiary/aromatic N) is 3. The molecule has 0 unspecified atom stereocenters. The van der Waals surface area contributed by atoms with Crippen LogP contribution in [0, 0.1) is 11.3 Å². The summed E-state index contributed by atoms with van der Waals surface area (Å²) < 4.78 is 1.19. The van der Waals surface area contributed by atoms with E-state index in [1.807, 2.05) is 12.1 Å². The van der Waals surface area contributed by atoms with E-state index < -0.39 is 5.97 Å². The number of aromatic carboxylic acids is 1. The van der Waals surface area contributed by atoms with Gasteiger partial charge in [-0.15, -0.1) is 0 Å². The lowest BCUT2D eigenvalue weighted by molar-refractivity contribution is 0.0683. The van der Waals surface area contributed by atoms with Gasteiger partial charge in [-0.05, 0) is 73.9 Å². The van der Waals surface area contributed by atoms with E-state index in [2.05, 4.69) is 10.00 Å². The predicted octanol–water partition coefficient (Wildman–Crippen LogP) is 4.61. The Labute approximate surface area is 179 Å². The highest BCUT2D eigenvalue weighted by Crippen LogP contribution is 2.46. The van der Waals surface area contributed by atoms with Crippen molar-refractivity contribution >= 4 is 35.1 Å². The average molecular weight is 436 g/mol. The van der Waals surface area contributed by atoms with Crippen molar-refractivity contribution < 1.29 is 14.7 Å². The molecule has 2 aliphatic rings. The van der Waals surface area contributed by atoms with Crippen LogP contribution >= 0.6 is 23.2 Å². The number of halogens is 2. The van der Waals surface area contributed by atoms with Crippen molar-refractivity contribution in [1.82, 2.24) is 14.7 Å². The van der Waals surface area contributed by atoms with E-state index in [9.17, 15) is 9.59 Å². The summed E-state index contributed by atoms with van der Waals surface area (Å²) in [6.07, 6.45) is 6.19. The second kappa shape index (κ2) is 8.09. The normalized spacial score (nSPS) is 24.8. The summed E-state index contributed by atoms with van der Waals surface area (Å²) >= 11 is 12.4. The van der Waals surface area contributed by atoms with Crippen LogP contribution in [-0.4, -0.2) is 44.8 Å². The van der Waals surface area contributed by atoms with Crippen molar-refractivity contribution in [2.45, 2.75) is 38.6 Å². The molecule has 154 valence electrons. The number of carboxylic acid groups (broad SMARTS) is 1. The van der Waals surface area contributed by atoms with Crippen LogP contribution < -0.4 is 0 Å². The molecule has 6 nitrogen and oxygen atoms in total. The molecule has 29 heavy (non-hydrogen) atoms. The molecule has 0 radical (unpaired) electrons. The molecule has 2 heterocycles. The third-order valence-electron chi connectivity index (χ3n) is 6.35. The van der Waals surface area contributed by atoms with Gasteiger partial charge in [-0.3, -0.25) is 9.69 Å². The monoisotopic (exact) mass is 435 g/mol. The highest BCUT2D eigenvalue weighted by atomic mass is 35.5. The summed E-state index contributed by atoms with van der Waals surface area (Å²) in [7, 11) is 0. The van der Waals surface area contributed by atoms with Crippen molar-refractivity contribution in [2.24, 2.45) is 11.3 Å². The van der Waals surface area contributed by atoms with Gasteiger partial charge >= 0.3 is 5.97 Å². The zero-order chi connectivity index (χ0) is 20.6. The molecule has 1 aromatic heterocycles. The average Bonchev–Trinajstić information content (AvgIpc) is 3.33. The third kappa shape index (κ3) is 4.34. The highest BCUT2D eigenvalue weighted by Gasteiger charge is 2.42. The van der Waals surface area contributed by atoms with Crippen LogP contribution in [0.25, 0.3) is 0 Å². The zero-order valence-electron chi connectivity index (χ0n) is 16.0. The molecular weight excluding hydrogens is 413 g/mol. The molecule has 1 aromatic carbocycles. The van der Waals surface area contributed by atoms with Gasteiger partial charge in [-0.25, -0.2) is 9.48 Å². The molecule has 1 spiro atoms. The molecule has 0 bridgehead atoms. The smallest absolute Gasteiger partial charge is 0.356 e. The van der Waals surface area contributed by atoms with Gasteiger partial charge in [-0.1, -0.05) is 23.2 Å². The Morgan fingerprint density at radius 3 is 2.62 bits per heavy atom. The number of hydrogen-bond acceptors (Lipinski definition) is 4. The van der Waals surface area contributed by atoms with E-state index >= 15 is 0 Å². The van der Waals surface area contributed by atoms with Crippen LogP contribution in [0.2, 0.25) is 10.0 Å². The Balaban J connectivity index is 1.35. The molecule has 0 amide bonds. The maximum Gasteiger partial charge on any atom is 0.356 e. The first-order chi connectivity index (χ1) is 13.8. The van der Waals surface area contributed by atoms with Crippen LogP contribution in [0.1, 0.15) is 53.0 Å². The van der Waals surface area contributed by atoms with Crippen molar-refractivity contribution in [1.29, 1.82) is 0 Å². The van der Waals surface area contributed by atoms with Gasteiger partial charge in [-0.2, -0.15) is 5.10 Å². The molecule has 1 aliphatic carbocycles. The minimum Gasteiger partial charge on any atom is -0.476 e. The summed E-state index contributed by atoms with van der Waals surface area (Å²) in [5.74, 6) is -1.32. The molecule has 2 fully saturated rings. The zero-order valence-corrected chi connectivity index (χ0v) is 17.5. The number of benzene rings is 1. The van der Waals surface area contributed by atoms with Crippen molar-refractivity contribution in [3.8, 4) is 0 Å². The van der Waals surface area contributed by atoms with Crippen LogP contribution in [0.3, 0.4) is 0 Å². The standard InChI is InChI=1S/C21H23Cl2N3O3/c22-16-1-2-17(23)15(11-16)12-25-10-8-21(13-25)6-3-14(4-7-21)19(27)26-9-5-18(24-26)20(28)29/h1-2,5,9,11,14H,3-4,6-8,10,12-13H2,(H,28,29). The Morgan fingerprint density at radius 1 is 1.17 bits per heavy atom. The van der Waals surface area contributed by atoms with Crippen molar-refractivity contribution in [3.05, 3.63) is 51.8 Å². The minimum atomic E-state index is -1.12. The van der Waals surface area contributed by atoms with Crippen molar-refractivity contribution in [3.63, 3.8) is 0 Å². The Morgan fingerprint density at radius 2 is 1.93 bits per heavy atom. The fourth-order valence-electron chi connectivity index (χ4n) is 4.70. The summed E-state index contributed by atoms with van der Waals surface area (Å²) in [5.41, 5.74) is 1.20. The molecule has 1 aliphatic heterocycles. The van der Waals surface area contributed by atoms with Gasteiger partial charge < -0.3 is 5.11 Å². The van der Waals surface area contributed by atoms with Gasteiger partial charge in [0.2, 0.25) is 5.91 Å². The van der Waals surface area contributed by atoms with Gasteiger partial charge in [0.25, 0.3) is 0 Å². The van der Waals surface area contributed by atoms with Gasteiger partial charge in [0, 0.05) is 35.2 Å². The highest BCUT2D eigenvalue weighted by molar-refractivity contribution is 6.33. The number of aromatic nitrogens is 2. The number of likely N-dealkylation sites (tertiary alicyclic amines) is 1. The van der Waals surface area contributed by atoms with Crippen LogP contribution in [0.4, 0.5) is 0 Å². The maximum absolute atomic E-state index is 12.7.